The van der Waals surface area contributed by atoms with Gasteiger partial charge in [0.1, 0.15) is 5.03 Å². The van der Waals surface area contributed by atoms with Crippen molar-refractivity contribution < 1.29 is 14.3 Å². The van der Waals surface area contributed by atoms with Gasteiger partial charge in [0.05, 0.1) is 5.56 Å². The zero-order valence-electron chi connectivity index (χ0n) is 15.6. The molecule has 28 heavy (non-hydrogen) atoms. The Morgan fingerprint density at radius 1 is 1.00 bits per heavy atom. The molecule has 1 heterocycles. The lowest BCUT2D eigenvalue weighted by atomic mass is 10.2. The zero-order valence-corrected chi connectivity index (χ0v) is 16.5. The quantitative estimate of drug-likeness (QED) is 0.619. The Kier molecular flexibility index (Phi) is 6.45. The number of hydrogen-bond donors (Lipinski definition) is 1. The molecule has 0 fully saturated rings. The molecule has 3 aromatic rings. The molecule has 0 atom stereocenters. The van der Waals surface area contributed by atoms with Crippen LogP contribution in [0.3, 0.4) is 0 Å². The van der Waals surface area contributed by atoms with E-state index in [-0.39, 0.29) is 12.5 Å². The van der Waals surface area contributed by atoms with E-state index in [4.69, 9.17) is 4.74 Å². The number of anilines is 1. The van der Waals surface area contributed by atoms with Gasteiger partial charge in [-0.15, -0.1) is 0 Å². The minimum Gasteiger partial charge on any atom is -0.452 e. The Morgan fingerprint density at radius 2 is 1.75 bits per heavy atom. The molecule has 0 aliphatic heterocycles. The van der Waals surface area contributed by atoms with E-state index in [1.807, 2.05) is 56.3 Å². The van der Waals surface area contributed by atoms with Crippen LogP contribution in [0.1, 0.15) is 21.5 Å². The summed E-state index contributed by atoms with van der Waals surface area (Å²) in [6.07, 6.45) is 1.62. The normalized spacial score (nSPS) is 10.4. The van der Waals surface area contributed by atoms with Crippen molar-refractivity contribution in [3.8, 4) is 0 Å². The summed E-state index contributed by atoms with van der Waals surface area (Å²) in [5, 5.41) is 3.28. The summed E-state index contributed by atoms with van der Waals surface area (Å²) in [5.41, 5.74) is 3.12. The summed E-state index contributed by atoms with van der Waals surface area (Å²) in [6.45, 7) is 3.54. The van der Waals surface area contributed by atoms with Crippen molar-refractivity contribution in [1.82, 2.24) is 4.98 Å². The summed E-state index contributed by atoms with van der Waals surface area (Å²) in [6, 6.07) is 18.7. The van der Waals surface area contributed by atoms with Crippen molar-refractivity contribution in [3.63, 3.8) is 0 Å². The second-order valence-corrected chi connectivity index (χ2v) is 7.27. The standard InChI is InChI=1S/C22H20N2O3S/c1-15-9-11-17(12-10-15)28-21-18(7-5-13-23-21)22(26)27-14-20(25)24-19-8-4-3-6-16(19)2/h3-13H,14H2,1-2H3,(H,24,25). The molecule has 2 aromatic carbocycles. The number of ether oxygens (including phenoxy) is 1. The number of aromatic nitrogens is 1. The van der Waals surface area contributed by atoms with Crippen molar-refractivity contribution in [2.45, 2.75) is 23.8 Å². The predicted molar refractivity (Wildman–Crippen MR) is 110 cm³/mol. The van der Waals surface area contributed by atoms with E-state index in [2.05, 4.69) is 10.3 Å². The van der Waals surface area contributed by atoms with Crippen LogP contribution in [0, 0.1) is 13.8 Å². The Balaban J connectivity index is 1.63. The topological polar surface area (TPSA) is 68.3 Å². The lowest BCUT2D eigenvalue weighted by Gasteiger charge is -2.10. The van der Waals surface area contributed by atoms with Crippen LogP contribution >= 0.6 is 11.8 Å². The highest BCUT2D eigenvalue weighted by molar-refractivity contribution is 7.99. The molecule has 0 unspecified atom stereocenters. The van der Waals surface area contributed by atoms with Crippen molar-refractivity contribution in [3.05, 3.63) is 83.6 Å². The van der Waals surface area contributed by atoms with Crippen LogP contribution in [0.15, 0.2) is 76.8 Å². The van der Waals surface area contributed by atoms with Gasteiger partial charge in [-0.05, 0) is 49.7 Å². The van der Waals surface area contributed by atoms with Crippen LogP contribution in [0.4, 0.5) is 5.69 Å². The number of esters is 1. The molecule has 3 rings (SSSR count). The van der Waals surface area contributed by atoms with Gasteiger partial charge in [0.2, 0.25) is 0 Å². The number of amides is 1. The Bertz CT molecular complexity index is 987. The lowest BCUT2D eigenvalue weighted by molar-refractivity contribution is -0.119. The molecular formula is C22H20N2O3S. The third kappa shape index (κ3) is 5.20. The molecule has 0 spiro atoms. The summed E-state index contributed by atoms with van der Waals surface area (Å²) >= 11 is 1.38. The van der Waals surface area contributed by atoms with Crippen molar-refractivity contribution in [1.29, 1.82) is 0 Å². The second-order valence-electron chi connectivity index (χ2n) is 6.21. The van der Waals surface area contributed by atoms with E-state index in [9.17, 15) is 9.59 Å². The van der Waals surface area contributed by atoms with E-state index in [0.29, 0.717) is 16.3 Å². The molecule has 0 radical (unpaired) electrons. The fourth-order valence-electron chi connectivity index (χ4n) is 2.45. The number of para-hydroxylation sites is 1. The molecular weight excluding hydrogens is 372 g/mol. The Morgan fingerprint density at radius 3 is 2.50 bits per heavy atom. The zero-order chi connectivity index (χ0) is 19.9. The maximum atomic E-state index is 12.5. The van der Waals surface area contributed by atoms with Gasteiger partial charge in [0.15, 0.2) is 6.61 Å². The highest BCUT2D eigenvalue weighted by Crippen LogP contribution is 2.29. The van der Waals surface area contributed by atoms with Crippen LogP contribution in [0.5, 0.6) is 0 Å². The summed E-state index contributed by atoms with van der Waals surface area (Å²) < 4.78 is 5.20. The number of rotatable bonds is 6. The number of pyridine rings is 1. The van der Waals surface area contributed by atoms with Gasteiger partial charge in [-0.1, -0.05) is 47.7 Å². The van der Waals surface area contributed by atoms with Crippen LogP contribution in [0.2, 0.25) is 0 Å². The number of hydrogen-bond acceptors (Lipinski definition) is 5. The summed E-state index contributed by atoms with van der Waals surface area (Å²) in [7, 11) is 0. The largest absolute Gasteiger partial charge is 0.452 e. The van der Waals surface area contributed by atoms with Crippen molar-refractivity contribution >= 4 is 29.3 Å². The van der Waals surface area contributed by atoms with E-state index in [1.54, 1.807) is 24.4 Å². The monoisotopic (exact) mass is 392 g/mol. The molecule has 142 valence electrons. The van der Waals surface area contributed by atoms with Gasteiger partial charge >= 0.3 is 5.97 Å². The molecule has 0 saturated heterocycles. The molecule has 0 bridgehead atoms. The van der Waals surface area contributed by atoms with Crippen LogP contribution in [-0.2, 0) is 9.53 Å². The second kappa shape index (κ2) is 9.19. The number of nitrogens with zero attached hydrogens (tertiary/aromatic N) is 1. The van der Waals surface area contributed by atoms with Gasteiger partial charge in [0, 0.05) is 16.8 Å². The van der Waals surface area contributed by atoms with E-state index in [1.165, 1.54) is 11.8 Å². The molecule has 5 nitrogen and oxygen atoms in total. The van der Waals surface area contributed by atoms with Crippen LogP contribution in [0.25, 0.3) is 0 Å². The molecule has 1 aromatic heterocycles. The van der Waals surface area contributed by atoms with E-state index < -0.39 is 5.97 Å². The molecule has 0 saturated carbocycles. The van der Waals surface area contributed by atoms with Crippen molar-refractivity contribution in [2.24, 2.45) is 0 Å². The number of carbonyl (C=O) groups is 2. The SMILES string of the molecule is Cc1ccc(Sc2ncccc2C(=O)OCC(=O)Nc2ccccc2C)cc1. The molecule has 0 aliphatic rings. The number of nitrogens with one attached hydrogen (secondary N) is 1. The Labute approximate surface area is 168 Å². The maximum Gasteiger partial charge on any atom is 0.341 e. The van der Waals surface area contributed by atoms with Crippen LogP contribution < -0.4 is 5.32 Å². The average Bonchev–Trinajstić information content (AvgIpc) is 2.70. The fraction of sp³-hybridized carbons (Fsp3) is 0.136. The summed E-state index contributed by atoms with van der Waals surface area (Å²) in [4.78, 5) is 29.8. The third-order valence-corrected chi connectivity index (χ3v) is 5.01. The molecule has 1 N–H and O–H groups in total. The highest BCUT2D eigenvalue weighted by atomic mass is 32.2. The van der Waals surface area contributed by atoms with Crippen molar-refractivity contribution in [2.75, 3.05) is 11.9 Å². The number of carbonyl (C=O) groups excluding carboxylic acids is 2. The van der Waals surface area contributed by atoms with Gasteiger partial charge in [-0.2, -0.15) is 0 Å². The number of aryl methyl sites for hydroxylation is 2. The fourth-order valence-corrected chi connectivity index (χ4v) is 3.32. The molecule has 6 heteroatoms. The third-order valence-electron chi connectivity index (χ3n) is 3.98. The first-order valence-corrected chi connectivity index (χ1v) is 9.57. The lowest BCUT2D eigenvalue weighted by Crippen LogP contribution is -2.21. The van der Waals surface area contributed by atoms with Gasteiger partial charge in [0.25, 0.3) is 5.91 Å². The smallest absolute Gasteiger partial charge is 0.341 e. The van der Waals surface area contributed by atoms with Gasteiger partial charge in [-0.25, -0.2) is 9.78 Å². The Hall–Kier alpha value is -3.12. The first kappa shape index (κ1) is 19.6. The molecule has 0 aliphatic carbocycles. The molecule has 1 amide bonds. The predicted octanol–water partition coefficient (Wildman–Crippen LogP) is 4.65. The highest BCUT2D eigenvalue weighted by Gasteiger charge is 2.16. The first-order chi connectivity index (χ1) is 13.5. The van der Waals surface area contributed by atoms with Gasteiger partial charge in [-0.3, -0.25) is 4.79 Å². The number of benzene rings is 2. The van der Waals surface area contributed by atoms with E-state index in [0.717, 1.165) is 16.0 Å². The first-order valence-electron chi connectivity index (χ1n) is 8.75. The van der Waals surface area contributed by atoms with Gasteiger partial charge < -0.3 is 10.1 Å². The minimum atomic E-state index is -0.581. The summed E-state index contributed by atoms with van der Waals surface area (Å²) in [5.74, 6) is -0.970. The van der Waals surface area contributed by atoms with E-state index >= 15 is 0 Å². The minimum absolute atomic E-state index is 0.330. The maximum absolute atomic E-state index is 12.5. The van der Waals surface area contributed by atoms with Crippen LogP contribution in [-0.4, -0.2) is 23.5 Å². The average molecular weight is 392 g/mol.